The molecule has 1 aliphatic rings. The van der Waals surface area contributed by atoms with Crippen molar-refractivity contribution in [2.45, 2.75) is 33.6 Å². The Hall–Kier alpha value is -2.30. The Morgan fingerprint density at radius 3 is 2.04 bits per heavy atom. The number of esters is 2. The summed E-state index contributed by atoms with van der Waals surface area (Å²) in [6.45, 7) is 5.87. The zero-order valence-corrected chi connectivity index (χ0v) is 15.3. The van der Waals surface area contributed by atoms with Crippen LogP contribution in [-0.4, -0.2) is 32.3 Å². The summed E-state index contributed by atoms with van der Waals surface area (Å²) in [6, 6.07) is 7.61. The van der Waals surface area contributed by atoms with Gasteiger partial charge in [-0.3, -0.25) is 9.59 Å². The van der Waals surface area contributed by atoms with Gasteiger partial charge in [0.1, 0.15) is 5.75 Å². The van der Waals surface area contributed by atoms with Gasteiger partial charge < -0.3 is 14.2 Å². The van der Waals surface area contributed by atoms with Crippen molar-refractivity contribution in [1.29, 1.82) is 0 Å². The van der Waals surface area contributed by atoms with Gasteiger partial charge in [0, 0.05) is 5.92 Å². The molecule has 5 heteroatoms. The zero-order valence-electron chi connectivity index (χ0n) is 15.3. The number of methoxy groups -OCH3 is 1. The average Bonchev–Trinajstić information content (AvgIpc) is 2.59. The lowest BCUT2D eigenvalue weighted by Crippen LogP contribution is -2.54. The molecule has 1 saturated carbocycles. The molecule has 136 valence electrons. The third kappa shape index (κ3) is 3.41. The lowest BCUT2D eigenvalue weighted by molar-refractivity contribution is -0.183. The summed E-state index contributed by atoms with van der Waals surface area (Å²) in [5, 5.41) is 0. The average molecular weight is 346 g/mol. The standard InChI is InChI=1S/C20H26O5/c1-5-16(14-8-10-15(23-4)11-9-14)17-12-13-20(17,18(21)24-6-2)19(22)25-7-3/h5,8-11,17H,6-7,12-13H2,1-4H3/b16-5+. The van der Waals surface area contributed by atoms with E-state index in [1.54, 1.807) is 21.0 Å². The quantitative estimate of drug-likeness (QED) is 0.557. The second kappa shape index (κ2) is 8.19. The first-order valence-electron chi connectivity index (χ1n) is 8.70. The third-order valence-corrected chi connectivity index (χ3v) is 4.81. The fraction of sp³-hybridized carbons (Fsp3) is 0.500. The highest BCUT2D eigenvalue weighted by molar-refractivity contribution is 6.04. The minimum absolute atomic E-state index is 0.237. The molecule has 0 aromatic heterocycles. The number of rotatable bonds is 7. The van der Waals surface area contributed by atoms with Gasteiger partial charge in [-0.2, -0.15) is 0 Å². The van der Waals surface area contributed by atoms with Crippen molar-refractivity contribution in [3.8, 4) is 5.75 Å². The molecule has 1 aromatic carbocycles. The first-order chi connectivity index (χ1) is 12.0. The molecule has 0 N–H and O–H groups in total. The van der Waals surface area contributed by atoms with E-state index in [0.29, 0.717) is 6.42 Å². The molecule has 1 unspecified atom stereocenters. The lowest BCUT2D eigenvalue weighted by Gasteiger charge is -2.46. The highest BCUT2D eigenvalue weighted by atomic mass is 16.6. The minimum atomic E-state index is -1.24. The van der Waals surface area contributed by atoms with Crippen molar-refractivity contribution < 1.29 is 23.8 Å². The molecule has 5 nitrogen and oxygen atoms in total. The Bertz CT molecular complexity index is 627. The van der Waals surface area contributed by atoms with Crippen molar-refractivity contribution in [3.05, 3.63) is 35.9 Å². The minimum Gasteiger partial charge on any atom is -0.497 e. The van der Waals surface area contributed by atoms with E-state index < -0.39 is 17.4 Å². The smallest absolute Gasteiger partial charge is 0.324 e. The number of benzene rings is 1. The monoisotopic (exact) mass is 346 g/mol. The van der Waals surface area contributed by atoms with Gasteiger partial charge in [0.2, 0.25) is 0 Å². The summed E-state index contributed by atoms with van der Waals surface area (Å²) in [5.41, 5.74) is 0.675. The van der Waals surface area contributed by atoms with Gasteiger partial charge in [-0.1, -0.05) is 18.2 Å². The molecular formula is C20H26O5. The summed E-state index contributed by atoms with van der Waals surface area (Å²) in [7, 11) is 1.62. The van der Waals surface area contributed by atoms with Crippen molar-refractivity contribution in [2.24, 2.45) is 11.3 Å². The maximum atomic E-state index is 12.7. The van der Waals surface area contributed by atoms with Crippen LogP contribution < -0.4 is 4.74 Å². The number of hydrogen-bond acceptors (Lipinski definition) is 5. The van der Waals surface area contributed by atoms with E-state index in [2.05, 4.69) is 0 Å². The van der Waals surface area contributed by atoms with Crippen LogP contribution >= 0.6 is 0 Å². The number of hydrogen-bond donors (Lipinski definition) is 0. The van der Waals surface area contributed by atoms with E-state index in [1.807, 2.05) is 37.3 Å². The van der Waals surface area contributed by atoms with Crippen LogP contribution in [0, 0.1) is 11.3 Å². The second-order valence-electron chi connectivity index (χ2n) is 5.98. The molecule has 0 bridgehead atoms. The van der Waals surface area contributed by atoms with Crippen molar-refractivity contribution in [2.75, 3.05) is 20.3 Å². The van der Waals surface area contributed by atoms with Crippen molar-refractivity contribution in [3.63, 3.8) is 0 Å². The number of allylic oxidation sites excluding steroid dienone is 2. The largest absolute Gasteiger partial charge is 0.497 e. The van der Waals surface area contributed by atoms with E-state index >= 15 is 0 Å². The van der Waals surface area contributed by atoms with E-state index in [1.165, 1.54) is 0 Å². The van der Waals surface area contributed by atoms with Crippen LogP contribution in [0.3, 0.4) is 0 Å². The summed E-state index contributed by atoms with van der Waals surface area (Å²) >= 11 is 0. The Morgan fingerprint density at radius 1 is 1.12 bits per heavy atom. The van der Waals surface area contributed by atoms with Gasteiger partial charge in [-0.05, 0) is 56.9 Å². The van der Waals surface area contributed by atoms with Gasteiger partial charge in [-0.25, -0.2) is 0 Å². The Balaban J connectivity index is 2.39. The summed E-state index contributed by atoms with van der Waals surface area (Å²) < 4.78 is 15.7. The van der Waals surface area contributed by atoms with Crippen LogP contribution in [0.2, 0.25) is 0 Å². The maximum absolute atomic E-state index is 12.7. The van der Waals surface area contributed by atoms with E-state index in [9.17, 15) is 9.59 Å². The predicted molar refractivity (Wildman–Crippen MR) is 95.1 cm³/mol. The molecule has 0 radical (unpaired) electrons. The van der Waals surface area contributed by atoms with Crippen LogP contribution in [0.15, 0.2) is 30.3 Å². The Morgan fingerprint density at radius 2 is 1.68 bits per heavy atom. The molecule has 0 amide bonds. The van der Waals surface area contributed by atoms with Crippen LogP contribution in [0.25, 0.3) is 5.57 Å². The molecule has 0 saturated heterocycles. The predicted octanol–water partition coefficient (Wildman–Crippen LogP) is 3.62. The van der Waals surface area contributed by atoms with Gasteiger partial charge in [-0.15, -0.1) is 0 Å². The molecule has 25 heavy (non-hydrogen) atoms. The van der Waals surface area contributed by atoms with Gasteiger partial charge in [0.25, 0.3) is 0 Å². The molecule has 2 rings (SSSR count). The Kier molecular flexibility index (Phi) is 6.23. The van der Waals surface area contributed by atoms with Crippen LogP contribution in [-0.2, 0) is 19.1 Å². The molecule has 1 aliphatic carbocycles. The summed E-state index contributed by atoms with van der Waals surface area (Å²) in [6.07, 6.45) is 3.14. The van der Waals surface area contributed by atoms with Gasteiger partial charge in [0.05, 0.1) is 20.3 Å². The first-order valence-corrected chi connectivity index (χ1v) is 8.70. The Labute approximate surface area is 149 Å². The van der Waals surface area contributed by atoms with E-state index in [-0.39, 0.29) is 19.1 Å². The third-order valence-electron chi connectivity index (χ3n) is 4.81. The van der Waals surface area contributed by atoms with Crippen molar-refractivity contribution >= 4 is 17.5 Å². The molecule has 1 fully saturated rings. The van der Waals surface area contributed by atoms with Crippen LogP contribution in [0.4, 0.5) is 0 Å². The molecule has 0 spiro atoms. The highest BCUT2D eigenvalue weighted by Gasteiger charge is 2.61. The highest BCUT2D eigenvalue weighted by Crippen LogP contribution is 2.54. The zero-order chi connectivity index (χ0) is 18.4. The van der Waals surface area contributed by atoms with E-state index in [0.717, 1.165) is 23.3 Å². The fourth-order valence-corrected chi connectivity index (χ4v) is 3.44. The number of carbonyl (C=O) groups is 2. The maximum Gasteiger partial charge on any atom is 0.324 e. The molecule has 1 atom stereocenters. The summed E-state index contributed by atoms with van der Waals surface area (Å²) in [5.74, 6) is -0.464. The normalized spacial score (nSPS) is 18.9. The second-order valence-corrected chi connectivity index (χ2v) is 5.98. The fourth-order valence-electron chi connectivity index (χ4n) is 3.44. The van der Waals surface area contributed by atoms with E-state index in [4.69, 9.17) is 14.2 Å². The first kappa shape index (κ1) is 19.0. The lowest BCUT2D eigenvalue weighted by atomic mass is 9.56. The summed E-state index contributed by atoms with van der Waals surface area (Å²) in [4.78, 5) is 25.3. The number of ether oxygens (including phenoxy) is 3. The van der Waals surface area contributed by atoms with Crippen LogP contribution in [0.1, 0.15) is 39.2 Å². The molecular weight excluding hydrogens is 320 g/mol. The van der Waals surface area contributed by atoms with Crippen molar-refractivity contribution in [1.82, 2.24) is 0 Å². The number of carbonyl (C=O) groups excluding carboxylic acids is 2. The topological polar surface area (TPSA) is 61.8 Å². The SMILES string of the molecule is C/C=C(\c1ccc(OC)cc1)C1CCC1(C(=O)OCC)C(=O)OCC. The van der Waals surface area contributed by atoms with Gasteiger partial charge >= 0.3 is 11.9 Å². The molecule has 1 aromatic rings. The molecule has 0 heterocycles. The molecule has 0 aliphatic heterocycles. The van der Waals surface area contributed by atoms with Gasteiger partial charge in [0.15, 0.2) is 5.41 Å². The van der Waals surface area contributed by atoms with Crippen LogP contribution in [0.5, 0.6) is 5.75 Å².